The van der Waals surface area contributed by atoms with Gasteiger partial charge in [0.2, 0.25) is 6.41 Å². The molecule has 2 atom stereocenters. The molecule has 0 saturated carbocycles. The normalized spacial score (nSPS) is 27.0. The fraction of sp³-hybridized carbons (Fsp3) is 0.182. The summed E-state index contributed by atoms with van der Waals surface area (Å²) in [5, 5.41) is 0. The van der Waals surface area contributed by atoms with Gasteiger partial charge in [-0.3, -0.25) is 9.69 Å². The molecule has 0 saturated heterocycles. The van der Waals surface area contributed by atoms with Crippen molar-refractivity contribution < 1.29 is 9.53 Å². The third kappa shape index (κ3) is 0.789. The zero-order valence-corrected chi connectivity index (χ0v) is 7.46. The standard InChI is InChI=1S/C11H9NO2/c13-7-12-10-4-2-1-3-8(10)9-5-6-14-11(9)12/h1-7,9,11H. The molecule has 0 bridgehead atoms. The number of amides is 1. The summed E-state index contributed by atoms with van der Waals surface area (Å²) in [6, 6.07) is 7.89. The Labute approximate surface area is 81.6 Å². The van der Waals surface area contributed by atoms with Crippen molar-refractivity contribution in [3.63, 3.8) is 0 Å². The van der Waals surface area contributed by atoms with Crippen LogP contribution in [0.4, 0.5) is 5.69 Å². The first kappa shape index (κ1) is 7.62. The highest BCUT2D eigenvalue weighted by Gasteiger charge is 2.40. The van der Waals surface area contributed by atoms with Crippen LogP contribution in [0.1, 0.15) is 11.5 Å². The molecule has 0 radical (unpaired) electrons. The van der Waals surface area contributed by atoms with Crippen LogP contribution in [0, 0.1) is 0 Å². The van der Waals surface area contributed by atoms with Gasteiger partial charge in [-0.1, -0.05) is 18.2 Å². The van der Waals surface area contributed by atoms with E-state index in [9.17, 15) is 4.79 Å². The third-order valence-corrected chi connectivity index (χ3v) is 2.77. The monoisotopic (exact) mass is 187 g/mol. The van der Waals surface area contributed by atoms with Crippen LogP contribution in [0.3, 0.4) is 0 Å². The first-order valence-electron chi connectivity index (χ1n) is 4.56. The number of ether oxygens (including phenoxy) is 1. The highest BCUT2D eigenvalue weighted by molar-refractivity contribution is 5.82. The summed E-state index contributed by atoms with van der Waals surface area (Å²) >= 11 is 0. The van der Waals surface area contributed by atoms with Crippen molar-refractivity contribution in [3.05, 3.63) is 42.2 Å². The van der Waals surface area contributed by atoms with Gasteiger partial charge in [0.05, 0.1) is 17.9 Å². The first-order valence-corrected chi connectivity index (χ1v) is 4.56. The van der Waals surface area contributed by atoms with Gasteiger partial charge in [-0.2, -0.15) is 0 Å². The van der Waals surface area contributed by atoms with Crippen LogP contribution >= 0.6 is 0 Å². The molecule has 0 aromatic heterocycles. The van der Waals surface area contributed by atoms with E-state index in [4.69, 9.17) is 4.74 Å². The maximum atomic E-state index is 10.9. The number of carbonyl (C=O) groups excluding carboxylic acids is 1. The fourth-order valence-electron chi connectivity index (χ4n) is 2.14. The molecule has 2 aliphatic rings. The molecule has 2 unspecified atom stereocenters. The van der Waals surface area contributed by atoms with Crippen LogP contribution in [-0.4, -0.2) is 12.6 Å². The van der Waals surface area contributed by atoms with Crippen LogP contribution in [0.5, 0.6) is 0 Å². The molecule has 70 valence electrons. The second-order valence-electron chi connectivity index (χ2n) is 3.45. The fourth-order valence-corrected chi connectivity index (χ4v) is 2.14. The zero-order chi connectivity index (χ0) is 9.54. The van der Waals surface area contributed by atoms with Gasteiger partial charge in [0.15, 0.2) is 6.23 Å². The summed E-state index contributed by atoms with van der Waals surface area (Å²) in [7, 11) is 0. The lowest BCUT2D eigenvalue weighted by atomic mass is 10.0. The second kappa shape index (κ2) is 2.61. The lowest BCUT2D eigenvalue weighted by Crippen LogP contribution is -2.31. The van der Waals surface area contributed by atoms with E-state index in [2.05, 4.69) is 0 Å². The molecule has 1 aromatic carbocycles. The molecule has 1 amide bonds. The maximum Gasteiger partial charge on any atom is 0.217 e. The van der Waals surface area contributed by atoms with Crippen molar-refractivity contribution in [1.29, 1.82) is 0 Å². The summed E-state index contributed by atoms with van der Waals surface area (Å²) in [6.07, 6.45) is 4.33. The van der Waals surface area contributed by atoms with E-state index in [0.29, 0.717) is 0 Å². The topological polar surface area (TPSA) is 29.5 Å². The Bertz CT molecular complexity index is 399. The van der Waals surface area contributed by atoms with Gasteiger partial charge in [-0.15, -0.1) is 0 Å². The lowest BCUT2D eigenvalue weighted by Gasteiger charge is -2.18. The Balaban J connectivity index is 2.17. The van der Waals surface area contributed by atoms with Crippen molar-refractivity contribution in [2.24, 2.45) is 0 Å². The molecule has 3 nitrogen and oxygen atoms in total. The van der Waals surface area contributed by atoms with Gasteiger partial charge in [0, 0.05) is 0 Å². The Hall–Kier alpha value is -1.77. The van der Waals surface area contributed by atoms with Gasteiger partial charge in [0.25, 0.3) is 0 Å². The second-order valence-corrected chi connectivity index (χ2v) is 3.45. The molecule has 1 aromatic rings. The Kier molecular flexibility index (Phi) is 1.42. The molecule has 0 spiro atoms. The Morgan fingerprint density at radius 2 is 2.21 bits per heavy atom. The molecule has 14 heavy (non-hydrogen) atoms. The SMILES string of the molecule is O=CN1c2ccccc2C2C=COC21. The number of carbonyl (C=O) groups is 1. The molecular weight excluding hydrogens is 178 g/mol. The minimum Gasteiger partial charge on any atom is -0.477 e. The van der Waals surface area contributed by atoms with Crippen molar-refractivity contribution in [3.8, 4) is 0 Å². The number of hydrogen-bond acceptors (Lipinski definition) is 2. The van der Waals surface area contributed by atoms with Crippen LogP contribution in [-0.2, 0) is 9.53 Å². The molecule has 0 N–H and O–H groups in total. The number of fused-ring (bicyclic) bond motifs is 3. The van der Waals surface area contributed by atoms with E-state index in [-0.39, 0.29) is 12.1 Å². The summed E-state index contributed by atoms with van der Waals surface area (Å²) in [5.41, 5.74) is 2.13. The number of benzene rings is 1. The average Bonchev–Trinajstić information content (AvgIpc) is 2.77. The van der Waals surface area contributed by atoms with Gasteiger partial charge >= 0.3 is 0 Å². The average molecular weight is 187 g/mol. The van der Waals surface area contributed by atoms with E-state index in [0.717, 1.165) is 12.1 Å². The maximum absolute atomic E-state index is 10.9. The number of anilines is 1. The summed E-state index contributed by atoms with van der Waals surface area (Å²) < 4.78 is 5.38. The highest BCUT2D eigenvalue weighted by atomic mass is 16.5. The smallest absolute Gasteiger partial charge is 0.217 e. The largest absolute Gasteiger partial charge is 0.477 e. The van der Waals surface area contributed by atoms with Crippen molar-refractivity contribution in [2.75, 3.05) is 4.90 Å². The van der Waals surface area contributed by atoms with E-state index < -0.39 is 0 Å². The van der Waals surface area contributed by atoms with E-state index in [1.807, 2.05) is 30.3 Å². The van der Waals surface area contributed by atoms with Gasteiger partial charge < -0.3 is 4.74 Å². The van der Waals surface area contributed by atoms with E-state index >= 15 is 0 Å². The van der Waals surface area contributed by atoms with Gasteiger partial charge in [-0.25, -0.2) is 0 Å². The predicted molar refractivity (Wildman–Crippen MR) is 51.7 cm³/mol. The molecule has 0 aliphatic carbocycles. The van der Waals surface area contributed by atoms with Crippen molar-refractivity contribution >= 4 is 12.1 Å². The van der Waals surface area contributed by atoms with Crippen LogP contribution < -0.4 is 4.90 Å². The van der Waals surface area contributed by atoms with Gasteiger partial charge in [0.1, 0.15) is 0 Å². The number of rotatable bonds is 1. The first-order chi connectivity index (χ1) is 6.92. The quantitative estimate of drug-likeness (QED) is 0.625. The van der Waals surface area contributed by atoms with Crippen molar-refractivity contribution in [2.45, 2.75) is 12.1 Å². The molecule has 2 aliphatic heterocycles. The number of hydrogen-bond donors (Lipinski definition) is 0. The molecule has 3 rings (SSSR count). The van der Waals surface area contributed by atoms with Crippen LogP contribution in [0.2, 0.25) is 0 Å². The minimum atomic E-state index is -0.162. The highest BCUT2D eigenvalue weighted by Crippen LogP contribution is 2.43. The predicted octanol–water partition coefficient (Wildman–Crippen LogP) is 1.62. The van der Waals surface area contributed by atoms with Gasteiger partial charge in [-0.05, 0) is 17.7 Å². The summed E-state index contributed by atoms with van der Waals surface area (Å²) in [4.78, 5) is 12.6. The minimum absolute atomic E-state index is 0.162. The molecule has 2 heterocycles. The number of nitrogens with zero attached hydrogens (tertiary/aromatic N) is 1. The summed E-state index contributed by atoms with van der Waals surface area (Å²) in [6.45, 7) is 0. The van der Waals surface area contributed by atoms with Crippen LogP contribution in [0.15, 0.2) is 36.6 Å². The summed E-state index contributed by atoms with van der Waals surface area (Å²) in [5.74, 6) is 0.205. The lowest BCUT2D eigenvalue weighted by molar-refractivity contribution is -0.109. The Morgan fingerprint density at radius 3 is 3.07 bits per heavy atom. The number of para-hydroxylation sites is 1. The zero-order valence-electron chi connectivity index (χ0n) is 7.46. The molecular formula is C11H9NO2. The third-order valence-electron chi connectivity index (χ3n) is 2.77. The van der Waals surface area contributed by atoms with Crippen molar-refractivity contribution in [1.82, 2.24) is 0 Å². The van der Waals surface area contributed by atoms with E-state index in [1.165, 1.54) is 5.56 Å². The van der Waals surface area contributed by atoms with Crippen LogP contribution in [0.25, 0.3) is 0 Å². The Morgan fingerprint density at radius 1 is 1.36 bits per heavy atom. The molecule has 0 fully saturated rings. The van der Waals surface area contributed by atoms with E-state index in [1.54, 1.807) is 11.2 Å². The molecule has 3 heteroatoms.